The predicted octanol–water partition coefficient (Wildman–Crippen LogP) is -0.420. The minimum absolute atomic E-state index is 0.0945. The van der Waals surface area contributed by atoms with Crippen LogP contribution in [-0.4, -0.2) is 53.0 Å². The second kappa shape index (κ2) is 8.93. The molecule has 0 amide bonds. The molecule has 2 heterocycles. The third-order valence-corrected chi connectivity index (χ3v) is 7.63. The van der Waals surface area contributed by atoms with Gasteiger partial charge in [-0.2, -0.15) is 13.6 Å². The Kier molecular flexibility index (Phi) is 7.62. The summed E-state index contributed by atoms with van der Waals surface area (Å²) in [4.78, 5) is 50.8. The first-order valence-corrected chi connectivity index (χ1v) is 12.6. The van der Waals surface area contributed by atoms with E-state index in [0.29, 0.717) is 0 Å². The van der Waals surface area contributed by atoms with Crippen LogP contribution in [0.3, 0.4) is 0 Å². The average molecular weight is 546 g/mol. The molecule has 0 aliphatic carbocycles. The van der Waals surface area contributed by atoms with E-state index in [1.165, 1.54) is 6.20 Å². The van der Waals surface area contributed by atoms with Gasteiger partial charge in [0.15, 0.2) is 6.23 Å². The highest BCUT2D eigenvalue weighted by Crippen LogP contribution is 2.66. The quantitative estimate of drug-likeness (QED) is 0.227. The molecule has 7 N–H and O–H groups in total. The number of nitrogens with zero attached hydrogens (tertiary/aromatic N) is 2. The molecule has 1 aromatic rings. The minimum Gasteiger partial charge on any atom is -0.388 e. The molecule has 1 aliphatic heterocycles. The van der Waals surface area contributed by atoms with E-state index in [2.05, 4.69) is 34.1 Å². The van der Waals surface area contributed by atoms with Gasteiger partial charge in [-0.05, 0) is 15.9 Å². The number of halogens is 1. The molecule has 29 heavy (non-hydrogen) atoms. The van der Waals surface area contributed by atoms with Crippen molar-refractivity contribution in [2.24, 2.45) is 0 Å². The van der Waals surface area contributed by atoms with Crippen LogP contribution >= 0.6 is 39.4 Å². The summed E-state index contributed by atoms with van der Waals surface area (Å²) in [6, 6.07) is 0. The minimum atomic E-state index is -5.65. The fraction of sp³-hybridized carbons (Fsp3) is 0.556. The first-order chi connectivity index (χ1) is 13.1. The van der Waals surface area contributed by atoms with E-state index in [0.717, 1.165) is 4.57 Å². The molecule has 1 fully saturated rings. The maximum Gasteiger partial charge on any atom is 0.490 e. The van der Waals surface area contributed by atoms with E-state index >= 15 is 0 Å². The molecule has 20 heteroatoms. The van der Waals surface area contributed by atoms with Crippen molar-refractivity contribution in [1.29, 1.82) is 0 Å². The van der Waals surface area contributed by atoms with Crippen molar-refractivity contribution in [3.8, 4) is 0 Å². The summed E-state index contributed by atoms with van der Waals surface area (Å²) in [5, 5.41) is 10.1. The molecule has 2 rings (SSSR count). The average Bonchev–Trinajstić information content (AvgIpc) is 2.86. The van der Waals surface area contributed by atoms with Gasteiger partial charge in [0.2, 0.25) is 0 Å². The molecule has 0 bridgehead atoms. The fourth-order valence-electron chi connectivity index (χ4n) is 2.21. The summed E-state index contributed by atoms with van der Waals surface area (Å²) in [6.45, 7) is -0.768. The van der Waals surface area contributed by atoms with Crippen LogP contribution in [-0.2, 0) is 31.6 Å². The molecular formula is C9H15BrN3O13P3. The standard InChI is InChI=1S/C9H15BrN3O13P3/c10-5-2-13(9(15)12-7(5)11)8-6(14)1-4(24-8)3-23-28(19,20)26-29(21,22)25-27(16,17)18/h2,4,6,8,14H,1,3H2,(H,19,20)(H,21,22)(H2,11,12,15)(H2,16,17,18)/t4-,6-,8+/m0/s1. The number of hydrogen-bond donors (Lipinski definition) is 6. The zero-order valence-corrected chi connectivity index (χ0v) is 18.2. The van der Waals surface area contributed by atoms with Gasteiger partial charge in [0.25, 0.3) is 0 Å². The normalized spacial score (nSPS) is 26.8. The lowest BCUT2D eigenvalue weighted by molar-refractivity contribution is -0.0524. The second-order valence-corrected chi connectivity index (χ2v) is 10.8. The maximum absolute atomic E-state index is 11.9. The van der Waals surface area contributed by atoms with Crippen molar-refractivity contribution in [3.05, 3.63) is 21.2 Å². The number of phosphoric ester groups is 1. The van der Waals surface area contributed by atoms with Gasteiger partial charge in [-0.3, -0.25) is 9.09 Å². The Morgan fingerprint density at radius 1 is 1.24 bits per heavy atom. The van der Waals surface area contributed by atoms with E-state index in [1.54, 1.807) is 0 Å². The number of aromatic nitrogens is 2. The van der Waals surface area contributed by atoms with Crippen LogP contribution in [0, 0.1) is 0 Å². The van der Waals surface area contributed by atoms with Gasteiger partial charge in [-0.1, -0.05) is 0 Å². The molecule has 2 unspecified atom stereocenters. The fourth-order valence-corrected chi connectivity index (χ4v) is 5.57. The molecule has 0 saturated carbocycles. The van der Waals surface area contributed by atoms with Crippen LogP contribution in [0.15, 0.2) is 15.5 Å². The zero-order chi connectivity index (χ0) is 22.2. The topological polar surface area (TPSA) is 250 Å². The van der Waals surface area contributed by atoms with Gasteiger partial charge in [-0.25, -0.2) is 18.5 Å². The van der Waals surface area contributed by atoms with Crippen molar-refractivity contribution in [1.82, 2.24) is 9.55 Å². The summed E-state index contributed by atoms with van der Waals surface area (Å²) in [5.74, 6) is -0.0945. The van der Waals surface area contributed by atoms with Gasteiger partial charge in [0.1, 0.15) is 11.9 Å². The highest BCUT2D eigenvalue weighted by atomic mass is 79.9. The van der Waals surface area contributed by atoms with Crippen LogP contribution in [0.1, 0.15) is 12.6 Å². The summed E-state index contributed by atoms with van der Waals surface area (Å²) in [5.41, 5.74) is 4.62. The maximum atomic E-state index is 11.9. The van der Waals surface area contributed by atoms with E-state index in [4.69, 9.17) is 25.2 Å². The lowest BCUT2D eigenvalue weighted by Gasteiger charge is -2.19. The van der Waals surface area contributed by atoms with Crippen molar-refractivity contribution < 1.29 is 56.3 Å². The van der Waals surface area contributed by atoms with Crippen molar-refractivity contribution in [3.63, 3.8) is 0 Å². The van der Waals surface area contributed by atoms with Gasteiger partial charge < -0.3 is 35.2 Å². The van der Waals surface area contributed by atoms with E-state index in [-0.39, 0.29) is 16.7 Å². The van der Waals surface area contributed by atoms with Crippen molar-refractivity contribution in [2.75, 3.05) is 12.3 Å². The predicted molar refractivity (Wildman–Crippen MR) is 95.0 cm³/mol. The highest BCUT2D eigenvalue weighted by molar-refractivity contribution is 9.10. The van der Waals surface area contributed by atoms with Crippen LogP contribution in [0.5, 0.6) is 0 Å². The Morgan fingerprint density at radius 2 is 1.86 bits per heavy atom. The molecular weight excluding hydrogens is 531 g/mol. The van der Waals surface area contributed by atoms with Gasteiger partial charge in [-0.15, -0.1) is 0 Å². The number of ether oxygens (including phenoxy) is 1. The van der Waals surface area contributed by atoms with Gasteiger partial charge in [0, 0.05) is 12.6 Å². The van der Waals surface area contributed by atoms with Crippen LogP contribution in [0.4, 0.5) is 5.82 Å². The van der Waals surface area contributed by atoms with Crippen molar-refractivity contribution >= 4 is 45.2 Å². The molecule has 0 aromatic carbocycles. The van der Waals surface area contributed by atoms with Gasteiger partial charge >= 0.3 is 29.2 Å². The van der Waals surface area contributed by atoms with Crippen LogP contribution in [0.25, 0.3) is 0 Å². The number of hydrogen-bond acceptors (Lipinski definition) is 11. The molecule has 0 spiro atoms. The molecule has 1 saturated heterocycles. The third kappa shape index (κ3) is 7.29. The molecule has 5 atom stereocenters. The van der Waals surface area contributed by atoms with Gasteiger partial charge in [0.05, 0.1) is 17.2 Å². The van der Waals surface area contributed by atoms with Crippen molar-refractivity contribution in [2.45, 2.75) is 24.9 Å². The van der Waals surface area contributed by atoms with E-state index in [9.17, 15) is 28.5 Å². The number of aliphatic hydroxyl groups excluding tert-OH is 1. The summed E-state index contributed by atoms with van der Waals surface area (Å²) < 4.78 is 51.6. The van der Waals surface area contributed by atoms with Crippen LogP contribution < -0.4 is 11.4 Å². The van der Waals surface area contributed by atoms with E-state index in [1.807, 2.05) is 0 Å². The third-order valence-electron chi connectivity index (χ3n) is 3.21. The Bertz CT molecular complexity index is 965. The number of phosphoric acid groups is 3. The van der Waals surface area contributed by atoms with E-state index < -0.39 is 54.2 Å². The molecule has 1 aromatic heterocycles. The Morgan fingerprint density at radius 3 is 2.45 bits per heavy atom. The lowest BCUT2D eigenvalue weighted by atomic mass is 10.2. The molecule has 1 aliphatic rings. The largest absolute Gasteiger partial charge is 0.490 e. The number of nitrogens with two attached hydrogens (primary N) is 1. The number of anilines is 1. The Hall–Kier alpha value is -0.510. The smallest absolute Gasteiger partial charge is 0.388 e. The first-order valence-electron chi connectivity index (χ1n) is 7.24. The summed E-state index contributed by atoms with van der Waals surface area (Å²) in [6.07, 6.45) is -2.57. The monoisotopic (exact) mass is 545 g/mol. The molecule has 0 radical (unpaired) electrons. The molecule has 166 valence electrons. The zero-order valence-electron chi connectivity index (χ0n) is 13.9. The first kappa shape index (κ1) is 24.8. The van der Waals surface area contributed by atoms with Crippen LogP contribution in [0.2, 0.25) is 0 Å². The summed E-state index contributed by atoms with van der Waals surface area (Å²) >= 11 is 3.05. The summed E-state index contributed by atoms with van der Waals surface area (Å²) in [7, 11) is -16.5. The number of nitrogen functional groups attached to an aromatic ring is 1. The Balaban J connectivity index is 2.01. The lowest BCUT2D eigenvalue weighted by Crippen LogP contribution is -2.32. The number of rotatable bonds is 8. The molecule has 16 nitrogen and oxygen atoms in total. The SMILES string of the molecule is Nc1nc(=O)n([C@@H]2O[C@H](COP(=O)(O)OP(=O)(O)OP(=O)(O)O)C[C@@H]2O)cc1Br. The Labute approximate surface area is 169 Å². The second-order valence-electron chi connectivity index (χ2n) is 5.50. The highest BCUT2D eigenvalue weighted by Gasteiger charge is 2.42. The number of aliphatic hydroxyl groups is 1.